The summed E-state index contributed by atoms with van der Waals surface area (Å²) < 4.78 is 0. The number of carbonyl (C=O) groups is 1. The topological polar surface area (TPSA) is 52.8 Å². The van der Waals surface area contributed by atoms with Gasteiger partial charge in [0, 0.05) is 52.2 Å². The molecule has 0 aromatic carbocycles. The van der Waals surface area contributed by atoms with Crippen LogP contribution in [0, 0.1) is 0 Å². The number of piperazine rings is 1. The van der Waals surface area contributed by atoms with E-state index in [1.54, 1.807) is 4.90 Å². The van der Waals surface area contributed by atoms with Crippen LogP contribution in [0.3, 0.4) is 0 Å². The number of nitrogens with zero attached hydrogens (tertiary/aromatic N) is 3. The average molecular weight is 300 g/mol. The van der Waals surface area contributed by atoms with Crippen molar-refractivity contribution in [1.82, 2.24) is 14.7 Å². The van der Waals surface area contributed by atoms with Gasteiger partial charge in [-0.25, -0.2) is 0 Å². The van der Waals surface area contributed by atoms with Gasteiger partial charge >= 0.3 is 0 Å². The Morgan fingerprint density at radius 2 is 1.95 bits per heavy atom. The largest absolute Gasteiger partial charge is 0.393 e. The lowest BCUT2D eigenvalue weighted by Gasteiger charge is -2.37. The summed E-state index contributed by atoms with van der Waals surface area (Å²) >= 11 is 4.83. The standard InChI is InChI=1S/C14H28N4OS/c1-4-12(2)18-9-7-17(8-10-18)11-14(19)16(3)6-5-13(15)20/h12H,4-11H2,1-3H3,(H2,15,20). The molecule has 1 saturated heterocycles. The summed E-state index contributed by atoms with van der Waals surface area (Å²) in [5, 5.41) is 0. The summed E-state index contributed by atoms with van der Waals surface area (Å²) in [5.74, 6) is 0.151. The van der Waals surface area contributed by atoms with E-state index in [0.29, 0.717) is 30.5 Å². The lowest BCUT2D eigenvalue weighted by atomic mass is 10.2. The van der Waals surface area contributed by atoms with Crippen LogP contribution < -0.4 is 5.73 Å². The third kappa shape index (κ3) is 5.73. The summed E-state index contributed by atoms with van der Waals surface area (Å²) in [6, 6.07) is 0.640. The van der Waals surface area contributed by atoms with Crippen LogP contribution in [0.4, 0.5) is 0 Å². The van der Waals surface area contributed by atoms with Crippen molar-refractivity contribution in [3.8, 4) is 0 Å². The Morgan fingerprint density at radius 3 is 2.45 bits per heavy atom. The second-order valence-electron chi connectivity index (χ2n) is 5.60. The molecule has 1 rings (SSSR count). The first-order valence-corrected chi connectivity index (χ1v) is 7.83. The molecule has 116 valence electrons. The zero-order valence-corrected chi connectivity index (χ0v) is 13.8. The fraction of sp³-hybridized carbons (Fsp3) is 0.857. The van der Waals surface area contributed by atoms with Gasteiger partial charge in [0.05, 0.1) is 11.5 Å². The van der Waals surface area contributed by atoms with Crippen LogP contribution in [0.2, 0.25) is 0 Å². The number of likely N-dealkylation sites (N-methyl/N-ethyl adjacent to an activating group) is 1. The highest BCUT2D eigenvalue weighted by molar-refractivity contribution is 7.80. The van der Waals surface area contributed by atoms with Gasteiger partial charge in [-0.3, -0.25) is 14.6 Å². The van der Waals surface area contributed by atoms with Gasteiger partial charge in [0.2, 0.25) is 5.91 Å². The SMILES string of the molecule is CCC(C)N1CCN(CC(=O)N(C)CCC(N)=S)CC1. The van der Waals surface area contributed by atoms with Crippen molar-refractivity contribution in [2.75, 3.05) is 46.3 Å². The normalized spacial score (nSPS) is 18.8. The fourth-order valence-electron chi connectivity index (χ4n) is 2.34. The zero-order valence-electron chi connectivity index (χ0n) is 13.0. The summed E-state index contributed by atoms with van der Waals surface area (Å²) in [7, 11) is 1.82. The van der Waals surface area contributed by atoms with E-state index in [9.17, 15) is 4.79 Å². The van der Waals surface area contributed by atoms with Crippen molar-refractivity contribution in [3.63, 3.8) is 0 Å². The van der Waals surface area contributed by atoms with E-state index in [2.05, 4.69) is 23.6 Å². The minimum absolute atomic E-state index is 0.151. The average Bonchev–Trinajstić information content (AvgIpc) is 2.44. The molecule has 0 radical (unpaired) electrons. The number of hydrogen-bond acceptors (Lipinski definition) is 4. The van der Waals surface area contributed by atoms with Gasteiger partial charge in [-0.05, 0) is 13.3 Å². The van der Waals surface area contributed by atoms with Crippen LogP contribution >= 0.6 is 12.2 Å². The predicted octanol–water partition coefficient (Wildman–Crippen LogP) is 0.537. The Morgan fingerprint density at radius 1 is 1.35 bits per heavy atom. The van der Waals surface area contributed by atoms with Crippen LogP contribution in [0.15, 0.2) is 0 Å². The molecule has 0 saturated carbocycles. The lowest BCUT2D eigenvalue weighted by Crippen LogP contribution is -2.51. The number of amides is 1. The number of hydrogen-bond donors (Lipinski definition) is 1. The van der Waals surface area contributed by atoms with E-state index in [1.807, 2.05) is 7.05 Å². The molecular formula is C14H28N4OS. The number of carbonyl (C=O) groups excluding carboxylic acids is 1. The quantitative estimate of drug-likeness (QED) is 0.696. The molecule has 0 aliphatic carbocycles. The van der Waals surface area contributed by atoms with E-state index in [4.69, 9.17) is 18.0 Å². The van der Waals surface area contributed by atoms with Crippen LogP contribution in [0.5, 0.6) is 0 Å². The monoisotopic (exact) mass is 300 g/mol. The molecule has 0 aromatic heterocycles. The van der Waals surface area contributed by atoms with Crippen LogP contribution in [0.25, 0.3) is 0 Å². The van der Waals surface area contributed by atoms with Gasteiger partial charge in [0.1, 0.15) is 0 Å². The first-order valence-electron chi connectivity index (χ1n) is 7.42. The van der Waals surface area contributed by atoms with E-state index in [-0.39, 0.29) is 5.91 Å². The highest BCUT2D eigenvalue weighted by atomic mass is 32.1. The second-order valence-corrected chi connectivity index (χ2v) is 6.13. The van der Waals surface area contributed by atoms with Gasteiger partial charge in [0.15, 0.2) is 0 Å². The number of nitrogens with two attached hydrogens (primary N) is 1. The Bertz CT molecular complexity index is 329. The first kappa shape index (κ1) is 17.3. The zero-order chi connectivity index (χ0) is 15.1. The molecule has 20 heavy (non-hydrogen) atoms. The smallest absolute Gasteiger partial charge is 0.236 e. The Hall–Kier alpha value is -0.720. The summed E-state index contributed by atoms with van der Waals surface area (Å²) in [6.07, 6.45) is 1.78. The second kappa shape index (κ2) is 8.54. The minimum atomic E-state index is 0.151. The number of rotatable bonds is 7. The maximum atomic E-state index is 12.1. The fourth-order valence-corrected chi connectivity index (χ4v) is 2.43. The van der Waals surface area contributed by atoms with Crippen molar-refractivity contribution in [1.29, 1.82) is 0 Å². The summed E-state index contributed by atoms with van der Waals surface area (Å²) in [6.45, 7) is 9.65. The molecule has 1 unspecified atom stereocenters. The van der Waals surface area contributed by atoms with Crippen LogP contribution in [0.1, 0.15) is 26.7 Å². The van der Waals surface area contributed by atoms with Crippen molar-refractivity contribution in [2.24, 2.45) is 5.73 Å². The van der Waals surface area contributed by atoms with Crippen molar-refractivity contribution in [2.45, 2.75) is 32.7 Å². The van der Waals surface area contributed by atoms with E-state index in [0.717, 1.165) is 26.2 Å². The van der Waals surface area contributed by atoms with Gasteiger partial charge in [-0.2, -0.15) is 0 Å². The minimum Gasteiger partial charge on any atom is -0.393 e. The van der Waals surface area contributed by atoms with E-state index < -0.39 is 0 Å². The van der Waals surface area contributed by atoms with E-state index >= 15 is 0 Å². The molecule has 1 aliphatic rings. The molecule has 0 bridgehead atoms. The van der Waals surface area contributed by atoms with Crippen molar-refractivity contribution in [3.05, 3.63) is 0 Å². The van der Waals surface area contributed by atoms with Crippen molar-refractivity contribution < 1.29 is 4.79 Å². The highest BCUT2D eigenvalue weighted by Gasteiger charge is 2.22. The van der Waals surface area contributed by atoms with Crippen LogP contribution in [-0.2, 0) is 4.79 Å². The molecule has 6 heteroatoms. The molecule has 1 aliphatic heterocycles. The maximum absolute atomic E-state index is 12.1. The number of thiocarbonyl (C=S) groups is 1. The third-order valence-corrected chi connectivity index (χ3v) is 4.30. The highest BCUT2D eigenvalue weighted by Crippen LogP contribution is 2.08. The Labute approximate surface area is 128 Å². The molecule has 0 aromatic rings. The van der Waals surface area contributed by atoms with Gasteiger partial charge in [-0.15, -0.1) is 0 Å². The molecule has 2 N–H and O–H groups in total. The first-order chi connectivity index (χ1) is 9.43. The molecule has 1 amide bonds. The maximum Gasteiger partial charge on any atom is 0.236 e. The summed E-state index contributed by atoms with van der Waals surface area (Å²) in [4.78, 5) is 19.0. The molecule has 5 nitrogen and oxygen atoms in total. The van der Waals surface area contributed by atoms with Crippen molar-refractivity contribution >= 4 is 23.1 Å². The van der Waals surface area contributed by atoms with E-state index in [1.165, 1.54) is 6.42 Å². The Kier molecular flexibility index (Phi) is 7.40. The molecular weight excluding hydrogens is 272 g/mol. The predicted molar refractivity (Wildman–Crippen MR) is 86.8 cm³/mol. The molecule has 0 spiro atoms. The lowest BCUT2D eigenvalue weighted by molar-refractivity contribution is -0.131. The van der Waals surface area contributed by atoms with Gasteiger partial charge < -0.3 is 10.6 Å². The van der Waals surface area contributed by atoms with Gasteiger partial charge in [0.25, 0.3) is 0 Å². The molecule has 1 atom stereocenters. The van der Waals surface area contributed by atoms with Gasteiger partial charge in [-0.1, -0.05) is 19.1 Å². The van der Waals surface area contributed by atoms with Crippen LogP contribution in [-0.4, -0.2) is 78.0 Å². The Balaban J connectivity index is 2.29. The third-order valence-electron chi connectivity index (χ3n) is 4.10. The summed E-state index contributed by atoms with van der Waals surface area (Å²) in [5.41, 5.74) is 5.46. The molecule has 1 heterocycles. The molecule has 1 fully saturated rings.